The van der Waals surface area contributed by atoms with Crippen molar-refractivity contribution in [2.45, 2.75) is 0 Å². The highest BCUT2D eigenvalue weighted by atomic mass is 15.3. The summed E-state index contributed by atoms with van der Waals surface area (Å²) in [5, 5.41) is 0. The lowest BCUT2D eigenvalue weighted by atomic mass is 10.0. The normalized spacial score (nSPS) is 14.0. The summed E-state index contributed by atoms with van der Waals surface area (Å²) in [7, 11) is 6.57. The number of hydrogen-bond acceptors (Lipinski definition) is 1. The van der Waals surface area contributed by atoms with Gasteiger partial charge in [-0.25, -0.2) is 0 Å². The van der Waals surface area contributed by atoms with Crippen molar-refractivity contribution in [3.8, 4) is 11.1 Å². The fraction of sp³-hybridized carbons (Fsp3) is 0.100. The molecule has 1 aliphatic rings. The summed E-state index contributed by atoms with van der Waals surface area (Å²) < 4.78 is 0.811. The number of rotatable bonds is 4. The minimum Gasteiger partial charge on any atom is -0.298 e. The topological polar surface area (TPSA) is 12.4 Å². The van der Waals surface area contributed by atoms with Crippen LogP contribution < -0.4 is 4.48 Å². The Morgan fingerprint density at radius 2 is 1.25 bits per heavy atom. The first-order valence-electron chi connectivity index (χ1n) is 11.0. The maximum absolute atomic E-state index is 4.74. The van der Waals surface area contributed by atoms with Gasteiger partial charge in [0, 0.05) is 6.21 Å². The molecule has 0 N–H and O–H groups in total. The highest BCUT2D eigenvalue weighted by molar-refractivity contribution is 6.07. The number of aliphatic imine (C=N–C) groups is 1. The van der Waals surface area contributed by atoms with E-state index in [-0.39, 0.29) is 0 Å². The Labute approximate surface area is 190 Å². The van der Waals surface area contributed by atoms with Gasteiger partial charge in [-0.3, -0.25) is 9.48 Å². The van der Waals surface area contributed by atoms with Gasteiger partial charge in [0.15, 0.2) is 0 Å². The number of hydrogen-bond donors (Lipinski definition) is 0. The van der Waals surface area contributed by atoms with Crippen molar-refractivity contribution in [3.63, 3.8) is 0 Å². The van der Waals surface area contributed by atoms with Gasteiger partial charge in [-0.05, 0) is 81.4 Å². The first-order chi connectivity index (χ1) is 15.5. The maximum Gasteiger partial charge on any atom is 0.132 e. The van der Waals surface area contributed by atoms with Crippen LogP contribution in [0.2, 0.25) is 0 Å². The molecule has 1 aliphatic carbocycles. The van der Waals surface area contributed by atoms with E-state index in [1.807, 2.05) is 24.4 Å². The summed E-state index contributed by atoms with van der Waals surface area (Å²) in [6, 6.07) is 34.3. The molecule has 0 aromatic heterocycles. The van der Waals surface area contributed by atoms with Crippen LogP contribution in [0.25, 0.3) is 22.8 Å². The molecule has 0 aliphatic heterocycles. The molecule has 156 valence electrons. The van der Waals surface area contributed by atoms with Crippen molar-refractivity contribution in [2.24, 2.45) is 4.99 Å². The predicted molar refractivity (Wildman–Crippen MR) is 139 cm³/mol. The van der Waals surface area contributed by atoms with Crippen LogP contribution in [-0.4, -0.2) is 27.4 Å². The Bertz CT molecular complexity index is 1320. The lowest BCUT2D eigenvalue weighted by Gasteiger charge is -2.23. The van der Waals surface area contributed by atoms with Crippen LogP contribution in [0, 0.1) is 0 Å². The Morgan fingerprint density at radius 1 is 0.594 bits per heavy atom. The highest BCUT2D eigenvalue weighted by Gasteiger charge is 2.23. The zero-order valence-electron chi connectivity index (χ0n) is 18.8. The lowest BCUT2D eigenvalue weighted by Crippen LogP contribution is -2.34. The number of quaternary nitrogens is 1. The summed E-state index contributed by atoms with van der Waals surface area (Å²) in [6.07, 6.45) is 4.23. The van der Waals surface area contributed by atoms with Crippen LogP contribution in [0.4, 0.5) is 11.4 Å². The number of nitrogens with zero attached hydrogens (tertiary/aromatic N) is 2. The van der Waals surface area contributed by atoms with Gasteiger partial charge in [0.05, 0.1) is 26.8 Å². The molecule has 4 aromatic carbocycles. The average molecular weight is 416 g/mol. The number of benzene rings is 4. The molecule has 0 fully saturated rings. The molecular weight excluding hydrogens is 388 g/mol. The molecule has 0 saturated heterocycles. The van der Waals surface area contributed by atoms with E-state index in [1.54, 1.807) is 0 Å². The first kappa shape index (κ1) is 20.2. The summed E-state index contributed by atoms with van der Waals surface area (Å²) >= 11 is 0. The fourth-order valence-corrected chi connectivity index (χ4v) is 4.20. The zero-order valence-corrected chi connectivity index (χ0v) is 18.8. The molecule has 0 spiro atoms. The van der Waals surface area contributed by atoms with Gasteiger partial charge in [0.25, 0.3) is 0 Å². The van der Waals surface area contributed by atoms with Crippen molar-refractivity contribution in [1.82, 2.24) is 4.48 Å². The lowest BCUT2D eigenvalue weighted by molar-refractivity contribution is 0.486. The number of fused-ring (bicyclic) bond motifs is 3. The smallest absolute Gasteiger partial charge is 0.132 e. The minimum absolute atomic E-state index is 0.811. The van der Waals surface area contributed by atoms with Gasteiger partial charge >= 0.3 is 0 Å². The molecule has 32 heavy (non-hydrogen) atoms. The van der Waals surface area contributed by atoms with Gasteiger partial charge in [0.2, 0.25) is 0 Å². The standard InChI is InChI=1S/C30H27N2/c1-32(2,3)25-16-13-22(14-17-25)19-29-27-12-8-7-11-26(27)28-18-15-24(20-30(28)29)31-21-23-9-5-4-6-10-23/h4-21H,1-3H3/q+1. The van der Waals surface area contributed by atoms with Crippen LogP contribution in [0.5, 0.6) is 0 Å². The van der Waals surface area contributed by atoms with Crippen LogP contribution in [0.1, 0.15) is 22.3 Å². The van der Waals surface area contributed by atoms with E-state index in [4.69, 9.17) is 4.99 Å². The summed E-state index contributed by atoms with van der Waals surface area (Å²) in [6.45, 7) is 0. The third kappa shape index (κ3) is 3.93. The molecule has 5 rings (SSSR count). The summed E-state index contributed by atoms with van der Waals surface area (Å²) in [5.41, 5.74) is 10.9. The van der Waals surface area contributed by atoms with Crippen molar-refractivity contribution >= 4 is 29.2 Å². The molecule has 0 heterocycles. The Morgan fingerprint density at radius 3 is 1.97 bits per heavy atom. The molecular formula is C30H27N2+. The molecule has 0 radical (unpaired) electrons. The fourth-order valence-electron chi connectivity index (χ4n) is 4.20. The Hall–Kier alpha value is -3.75. The molecule has 0 amide bonds. The third-order valence-electron chi connectivity index (χ3n) is 5.94. The highest BCUT2D eigenvalue weighted by Crippen LogP contribution is 2.46. The van der Waals surface area contributed by atoms with E-state index in [9.17, 15) is 0 Å². The Balaban J connectivity index is 1.56. The summed E-state index contributed by atoms with van der Waals surface area (Å²) in [4.78, 5) is 4.74. The van der Waals surface area contributed by atoms with Crippen LogP contribution in [0.15, 0.2) is 102 Å². The van der Waals surface area contributed by atoms with E-state index in [2.05, 4.69) is 106 Å². The molecule has 0 saturated carbocycles. The maximum atomic E-state index is 4.74. The van der Waals surface area contributed by atoms with Gasteiger partial charge in [-0.15, -0.1) is 0 Å². The van der Waals surface area contributed by atoms with E-state index >= 15 is 0 Å². The van der Waals surface area contributed by atoms with E-state index < -0.39 is 0 Å². The van der Waals surface area contributed by atoms with Gasteiger partial charge in [0.1, 0.15) is 5.69 Å². The predicted octanol–water partition coefficient (Wildman–Crippen LogP) is 7.20. The molecule has 0 atom stereocenters. The SMILES string of the molecule is C[N+](C)(C)c1ccc(C=C2c3ccccc3-c3ccc(N=Cc4ccccc4)cc32)cc1. The van der Waals surface area contributed by atoms with Crippen molar-refractivity contribution in [3.05, 3.63) is 119 Å². The summed E-state index contributed by atoms with van der Waals surface area (Å²) in [5.74, 6) is 0. The largest absolute Gasteiger partial charge is 0.298 e. The Kier molecular flexibility index (Phi) is 5.08. The van der Waals surface area contributed by atoms with Gasteiger partial charge < -0.3 is 0 Å². The van der Waals surface area contributed by atoms with Crippen molar-refractivity contribution in [1.29, 1.82) is 0 Å². The van der Waals surface area contributed by atoms with Gasteiger partial charge in [-0.1, -0.05) is 60.7 Å². The van der Waals surface area contributed by atoms with Crippen LogP contribution in [0.3, 0.4) is 0 Å². The van der Waals surface area contributed by atoms with Crippen LogP contribution >= 0.6 is 0 Å². The second-order valence-electron chi connectivity index (χ2n) is 9.11. The van der Waals surface area contributed by atoms with Crippen LogP contribution in [-0.2, 0) is 0 Å². The molecule has 2 heteroatoms. The average Bonchev–Trinajstić information content (AvgIpc) is 3.11. The molecule has 4 aromatic rings. The zero-order chi connectivity index (χ0) is 22.1. The van der Waals surface area contributed by atoms with Gasteiger partial charge in [-0.2, -0.15) is 0 Å². The molecule has 0 bridgehead atoms. The van der Waals surface area contributed by atoms with E-state index in [0.29, 0.717) is 0 Å². The minimum atomic E-state index is 0.811. The second kappa shape index (κ2) is 8.07. The monoisotopic (exact) mass is 415 g/mol. The van der Waals surface area contributed by atoms with Crippen molar-refractivity contribution < 1.29 is 0 Å². The van der Waals surface area contributed by atoms with Crippen molar-refractivity contribution in [2.75, 3.05) is 21.1 Å². The second-order valence-corrected chi connectivity index (χ2v) is 9.11. The van der Waals surface area contributed by atoms with E-state index in [1.165, 1.54) is 39.1 Å². The molecule has 0 unspecified atom stereocenters. The molecule has 2 nitrogen and oxygen atoms in total. The first-order valence-corrected chi connectivity index (χ1v) is 11.0. The quantitative estimate of drug-likeness (QED) is 0.217. The third-order valence-corrected chi connectivity index (χ3v) is 5.94. The van der Waals surface area contributed by atoms with E-state index in [0.717, 1.165) is 15.7 Å².